The van der Waals surface area contributed by atoms with Gasteiger partial charge >= 0.3 is 0 Å². The summed E-state index contributed by atoms with van der Waals surface area (Å²) in [5.41, 5.74) is 0.816. The van der Waals surface area contributed by atoms with Gasteiger partial charge < -0.3 is 9.47 Å². The summed E-state index contributed by atoms with van der Waals surface area (Å²) in [6.45, 7) is 4.05. The zero-order chi connectivity index (χ0) is 16.3. The molecule has 1 aromatic carbocycles. The van der Waals surface area contributed by atoms with Gasteiger partial charge in [-0.25, -0.2) is 0 Å². The summed E-state index contributed by atoms with van der Waals surface area (Å²) < 4.78 is 11.9. The Hall–Kier alpha value is -1.31. The molecule has 7 heteroatoms. The maximum Gasteiger partial charge on any atom is 0.266 e. The van der Waals surface area contributed by atoms with E-state index in [1.165, 1.54) is 16.7 Å². The van der Waals surface area contributed by atoms with Crippen molar-refractivity contribution in [3.63, 3.8) is 0 Å². The van der Waals surface area contributed by atoms with Gasteiger partial charge in [0.1, 0.15) is 4.32 Å². The molecular formula is C15H14BrNO3S2. The van der Waals surface area contributed by atoms with E-state index in [4.69, 9.17) is 21.7 Å². The van der Waals surface area contributed by atoms with Crippen LogP contribution < -0.4 is 9.47 Å². The number of rotatable bonds is 5. The molecule has 2 rings (SSSR count). The van der Waals surface area contributed by atoms with Gasteiger partial charge in [0, 0.05) is 11.0 Å². The monoisotopic (exact) mass is 399 g/mol. The number of hydrogen-bond donors (Lipinski definition) is 0. The van der Waals surface area contributed by atoms with Crippen molar-refractivity contribution in [2.45, 2.75) is 0 Å². The fourth-order valence-corrected chi connectivity index (χ4v) is 3.61. The second-order valence-electron chi connectivity index (χ2n) is 4.31. The van der Waals surface area contributed by atoms with Gasteiger partial charge in [0.05, 0.1) is 19.1 Å². The van der Waals surface area contributed by atoms with Gasteiger partial charge in [-0.05, 0) is 23.8 Å². The van der Waals surface area contributed by atoms with Crippen LogP contribution in [0, 0.1) is 0 Å². The molecule has 0 bridgehead atoms. The highest BCUT2D eigenvalue weighted by Crippen LogP contribution is 2.37. The number of nitrogens with zero attached hydrogens (tertiary/aromatic N) is 1. The molecule has 1 amide bonds. The molecule has 0 unspecified atom stereocenters. The molecule has 1 saturated heterocycles. The van der Waals surface area contributed by atoms with E-state index in [-0.39, 0.29) is 5.91 Å². The van der Waals surface area contributed by atoms with Crippen LogP contribution in [0.15, 0.2) is 34.2 Å². The minimum absolute atomic E-state index is 0.114. The number of thioether (sulfide) groups is 1. The SMILES string of the molecule is C=CCN1C(=O)/C(=C\c2cc(OC)c(OC)cc2Br)SC1=S. The molecule has 0 spiro atoms. The lowest BCUT2D eigenvalue weighted by Crippen LogP contribution is -2.27. The van der Waals surface area contributed by atoms with E-state index < -0.39 is 0 Å². The average molecular weight is 400 g/mol. The molecule has 22 heavy (non-hydrogen) atoms. The van der Waals surface area contributed by atoms with Crippen LogP contribution in [0.1, 0.15) is 5.56 Å². The Morgan fingerprint density at radius 1 is 1.36 bits per heavy atom. The minimum Gasteiger partial charge on any atom is -0.493 e. The van der Waals surface area contributed by atoms with Crippen LogP contribution in [0.2, 0.25) is 0 Å². The zero-order valence-electron chi connectivity index (χ0n) is 12.1. The van der Waals surface area contributed by atoms with E-state index in [0.717, 1.165) is 10.0 Å². The van der Waals surface area contributed by atoms with Crippen LogP contribution in [-0.4, -0.2) is 35.9 Å². The van der Waals surface area contributed by atoms with E-state index in [1.54, 1.807) is 32.4 Å². The smallest absolute Gasteiger partial charge is 0.266 e. The molecule has 0 aromatic heterocycles. The summed E-state index contributed by atoms with van der Waals surface area (Å²) in [5, 5.41) is 0. The maximum absolute atomic E-state index is 12.3. The number of ether oxygens (including phenoxy) is 2. The Balaban J connectivity index is 2.39. The predicted molar refractivity (Wildman–Crippen MR) is 97.3 cm³/mol. The van der Waals surface area contributed by atoms with Crippen molar-refractivity contribution in [2.75, 3.05) is 20.8 Å². The third-order valence-corrected chi connectivity index (χ3v) is 5.04. The highest BCUT2D eigenvalue weighted by molar-refractivity contribution is 9.10. The number of thiocarbonyl (C=S) groups is 1. The molecule has 1 heterocycles. The average Bonchev–Trinajstić information content (AvgIpc) is 2.76. The second-order valence-corrected chi connectivity index (χ2v) is 6.84. The summed E-state index contributed by atoms with van der Waals surface area (Å²) in [4.78, 5) is 14.4. The third kappa shape index (κ3) is 3.37. The van der Waals surface area contributed by atoms with Crippen LogP contribution >= 0.6 is 39.9 Å². The van der Waals surface area contributed by atoms with Crippen LogP contribution in [0.4, 0.5) is 0 Å². The number of hydrogen-bond acceptors (Lipinski definition) is 5. The van der Waals surface area contributed by atoms with Gasteiger partial charge in [-0.2, -0.15) is 0 Å². The molecule has 0 atom stereocenters. The zero-order valence-corrected chi connectivity index (χ0v) is 15.3. The highest BCUT2D eigenvalue weighted by Gasteiger charge is 2.31. The summed E-state index contributed by atoms with van der Waals surface area (Å²) in [6, 6.07) is 3.61. The Morgan fingerprint density at radius 3 is 2.59 bits per heavy atom. The molecule has 0 N–H and O–H groups in total. The van der Waals surface area contributed by atoms with Crippen molar-refractivity contribution in [3.05, 3.63) is 39.7 Å². The molecule has 0 aliphatic carbocycles. The Morgan fingerprint density at radius 2 is 2.00 bits per heavy atom. The van der Waals surface area contributed by atoms with Crippen molar-refractivity contribution in [1.82, 2.24) is 4.90 Å². The lowest BCUT2D eigenvalue weighted by Gasteiger charge is -2.11. The van der Waals surface area contributed by atoms with E-state index in [9.17, 15) is 4.79 Å². The van der Waals surface area contributed by atoms with E-state index in [0.29, 0.717) is 27.3 Å². The van der Waals surface area contributed by atoms with Crippen LogP contribution in [0.3, 0.4) is 0 Å². The number of carbonyl (C=O) groups excluding carboxylic acids is 1. The van der Waals surface area contributed by atoms with Crippen LogP contribution in [0.25, 0.3) is 6.08 Å². The fraction of sp³-hybridized carbons (Fsp3) is 0.200. The number of amides is 1. The van der Waals surface area contributed by atoms with Crippen molar-refractivity contribution in [2.24, 2.45) is 0 Å². The third-order valence-electron chi connectivity index (χ3n) is 2.97. The van der Waals surface area contributed by atoms with Crippen molar-refractivity contribution < 1.29 is 14.3 Å². The van der Waals surface area contributed by atoms with Gasteiger partial charge in [-0.1, -0.05) is 46.0 Å². The lowest BCUT2D eigenvalue weighted by molar-refractivity contribution is -0.121. The van der Waals surface area contributed by atoms with Gasteiger partial charge in [0.2, 0.25) is 0 Å². The number of methoxy groups -OCH3 is 2. The highest BCUT2D eigenvalue weighted by atomic mass is 79.9. The summed E-state index contributed by atoms with van der Waals surface area (Å²) in [6.07, 6.45) is 3.44. The topological polar surface area (TPSA) is 38.8 Å². The van der Waals surface area contributed by atoms with Gasteiger partial charge in [0.25, 0.3) is 5.91 Å². The molecule has 1 fully saturated rings. The molecule has 116 valence electrons. The molecule has 1 aliphatic rings. The first-order valence-electron chi connectivity index (χ1n) is 6.29. The predicted octanol–water partition coefficient (Wildman–Crippen LogP) is 3.85. The lowest BCUT2D eigenvalue weighted by atomic mass is 10.2. The molecular weight excluding hydrogens is 386 g/mol. The molecule has 0 radical (unpaired) electrons. The first kappa shape index (κ1) is 17.1. The molecule has 4 nitrogen and oxygen atoms in total. The normalized spacial score (nSPS) is 16.3. The van der Waals surface area contributed by atoms with E-state index in [1.807, 2.05) is 6.07 Å². The summed E-state index contributed by atoms with van der Waals surface area (Å²) >= 11 is 9.97. The van der Waals surface area contributed by atoms with Gasteiger partial charge in [-0.3, -0.25) is 9.69 Å². The van der Waals surface area contributed by atoms with Crippen molar-refractivity contribution in [3.8, 4) is 11.5 Å². The van der Waals surface area contributed by atoms with Gasteiger partial charge in [-0.15, -0.1) is 6.58 Å². The molecule has 0 saturated carbocycles. The standard InChI is InChI=1S/C15H14BrNO3S2/c1-4-5-17-14(18)13(22-15(17)21)7-9-6-11(19-2)12(20-3)8-10(9)16/h4,6-8H,1,5H2,2-3H3/b13-7+. The maximum atomic E-state index is 12.3. The first-order valence-corrected chi connectivity index (χ1v) is 8.31. The van der Waals surface area contributed by atoms with Crippen LogP contribution in [0.5, 0.6) is 11.5 Å². The molecule has 1 aromatic rings. The minimum atomic E-state index is -0.114. The number of benzene rings is 1. The summed E-state index contributed by atoms with van der Waals surface area (Å²) in [5.74, 6) is 1.10. The van der Waals surface area contributed by atoms with Crippen LogP contribution in [-0.2, 0) is 4.79 Å². The first-order chi connectivity index (χ1) is 10.5. The van der Waals surface area contributed by atoms with E-state index in [2.05, 4.69) is 22.5 Å². The van der Waals surface area contributed by atoms with Gasteiger partial charge in [0.15, 0.2) is 11.5 Å². The van der Waals surface area contributed by atoms with Crippen molar-refractivity contribution in [1.29, 1.82) is 0 Å². The Labute approximate surface area is 147 Å². The van der Waals surface area contributed by atoms with Crippen molar-refractivity contribution >= 4 is 56.2 Å². The fourth-order valence-electron chi connectivity index (χ4n) is 1.91. The largest absolute Gasteiger partial charge is 0.493 e. The second kappa shape index (κ2) is 7.30. The number of halogens is 1. The Kier molecular flexibility index (Phi) is 5.66. The van der Waals surface area contributed by atoms with E-state index >= 15 is 0 Å². The summed E-state index contributed by atoms with van der Waals surface area (Å²) in [7, 11) is 3.14. The number of carbonyl (C=O) groups is 1. The quantitative estimate of drug-likeness (QED) is 0.427. The Bertz CT molecular complexity index is 673. The molecule has 1 aliphatic heterocycles.